The Morgan fingerprint density at radius 1 is 0.325 bits per heavy atom. The van der Waals surface area contributed by atoms with Gasteiger partial charge in [-0.1, -0.05) is 6.92 Å². The third-order valence-corrected chi connectivity index (χ3v) is 10.6. The van der Waals surface area contributed by atoms with E-state index in [1.165, 1.54) is 20.8 Å². The second-order valence-corrected chi connectivity index (χ2v) is 17.9. The van der Waals surface area contributed by atoms with E-state index < -0.39 is 79.2 Å². The number of rotatable bonds is 54. The van der Waals surface area contributed by atoms with Crippen molar-refractivity contribution < 1.29 is 133 Å². The smallest absolute Gasteiger partial charge is 0.222 e. The van der Waals surface area contributed by atoms with Crippen molar-refractivity contribution in [1.82, 2.24) is 16.0 Å². The van der Waals surface area contributed by atoms with Crippen LogP contribution < -0.4 is 16.0 Å². The second kappa shape index (κ2) is 47.1. The highest BCUT2D eigenvalue weighted by Gasteiger charge is 2.31. The summed E-state index contributed by atoms with van der Waals surface area (Å²) in [5.74, 6) is -0.849. The predicted molar refractivity (Wildman–Crippen MR) is 265 cm³/mol. The molecule has 77 heavy (non-hydrogen) atoms. The molecule has 15 N–H and O–H groups in total. The first kappa shape index (κ1) is 74.5. The van der Waals surface area contributed by atoms with Crippen LogP contribution in [0, 0.1) is 5.41 Å². The van der Waals surface area contributed by atoms with Gasteiger partial charge in [0.1, 0.15) is 36.6 Å². The van der Waals surface area contributed by atoms with Gasteiger partial charge >= 0.3 is 0 Å². The summed E-state index contributed by atoms with van der Waals surface area (Å²) in [7, 11) is 0. The summed E-state index contributed by atoms with van der Waals surface area (Å²) < 4.78 is 64.7. The second-order valence-electron chi connectivity index (χ2n) is 17.9. The van der Waals surface area contributed by atoms with Crippen LogP contribution in [0.5, 0.6) is 0 Å². The van der Waals surface area contributed by atoms with Gasteiger partial charge in [0.15, 0.2) is 18.9 Å². The molecule has 0 saturated heterocycles. The van der Waals surface area contributed by atoms with Crippen molar-refractivity contribution in [3.8, 4) is 0 Å². The fourth-order valence-electron chi connectivity index (χ4n) is 5.94. The Kier molecular flexibility index (Phi) is 45.6. The lowest BCUT2D eigenvalue weighted by Gasteiger charge is -2.29. The van der Waals surface area contributed by atoms with E-state index in [1.54, 1.807) is 0 Å². The van der Waals surface area contributed by atoms with E-state index in [0.717, 1.165) is 0 Å². The van der Waals surface area contributed by atoms with Crippen LogP contribution in [0.2, 0.25) is 0 Å². The van der Waals surface area contributed by atoms with Crippen LogP contribution in [0.1, 0.15) is 47.0 Å². The van der Waals surface area contributed by atoms with Crippen LogP contribution in [0.4, 0.5) is 0 Å². The van der Waals surface area contributed by atoms with Crippen molar-refractivity contribution in [3.05, 3.63) is 0 Å². The maximum atomic E-state index is 12.4. The molecule has 0 radical (unpaired) electrons. The highest BCUT2D eigenvalue weighted by molar-refractivity contribution is 5.76. The summed E-state index contributed by atoms with van der Waals surface area (Å²) in [5.41, 5.74) is -0.748. The molecule has 12 unspecified atom stereocenters. The number of amides is 3. The number of ether oxygens (including phenoxy) is 12. The van der Waals surface area contributed by atoms with Crippen molar-refractivity contribution in [2.75, 3.05) is 158 Å². The summed E-state index contributed by atoms with van der Waals surface area (Å²) in [4.78, 5) is 37.3. The van der Waals surface area contributed by atoms with Gasteiger partial charge < -0.3 is 134 Å². The molecule has 3 amide bonds. The molecule has 0 aliphatic heterocycles. The van der Waals surface area contributed by atoms with Crippen LogP contribution in [-0.4, -0.2) is 311 Å². The summed E-state index contributed by atoms with van der Waals surface area (Å²) in [6.07, 6.45) is -18.6. The van der Waals surface area contributed by atoms with E-state index in [2.05, 4.69) is 16.0 Å². The minimum atomic E-state index is -1.71. The molecular weight excluding hydrogens is 1040 g/mol. The minimum Gasteiger partial charge on any atom is -0.391 e. The van der Waals surface area contributed by atoms with Crippen LogP contribution in [0.3, 0.4) is 0 Å². The van der Waals surface area contributed by atoms with Crippen LogP contribution >= 0.6 is 0 Å². The van der Waals surface area contributed by atoms with Crippen molar-refractivity contribution in [3.63, 3.8) is 0 Å². The predicted octanol–water partition coefficient (Wildman–Crippen LogP) is -7.03. The Bertz CT molecular complexity index is 1270. The van der Waals surface area contributed by atoms with Crippen molar-refractivity contribution >= 4 is 17.7 Å². The maximum Gasteiger partial charge on any atom is 0.222 e. The molecule has 0 bridgehead atoms. The largest absolute Gasteiger partial charge is 0.391 e. The Balaban J connectivity index is 4.59. The number of nitrogens with one attached hydrogen (secondary N) is 3. The number of aliphatic hydroxyl groups excluding tert-OH is 12. The lowest BCUT2D eigenvalue weighted by molar-refractivity contribution is -0.204. The first-order chi connectivity index (χ1) is 36.6. The normalized spacial score (nSPS) is 17.5. The lowest BCUT2D eigenvalue weighted by Crippen LogP contribution is -2.44. The Morgan fingerprint density at radius 2 is 0.545 bits per heavy atom. The Hall–Kier alpha value is -2.55. The van der Waals surface area contributed by atoms with Crippen LogP contribution in [0.15, 0.2) is 0 Å². The zero-order valence-electron chi connectivity index (χ0n) is 45.0. The summed E-state index contributed by atoms with van der Waals surface area (Å²) in [6.45, 7) is 8.45. The van der Waals surface area contributed by atoms with Crippen molar-refractivity contribution in [2.24, 2.45) is 5.41 Å². The molecule has 0 rings (SSSR count). The molecule has 0 aromatic rings. The molecule has 0 saturated carbocycles. The van der Waals surface area contributed by atoms with E-state index in [9.17, 15) is 75.7 Å². The first-order valence-electron chi connectivity index (χ1n) is 25.6. The zero-order chi connectivity index (χ0) is 57.9. The summed E-state index contributed by atoms with van der Waals surface area (Å²) >= 11 is 0. The van der Waals surface area contributed by atoms with Gasteiger partial charge in [0.2, 0.25) is 17.7 Å². The summed E-state index contributed by atoms with van der Waals surface area (Å²) in [6, 6.07) is 0. The molecule has 30 heteroatoms. The molecular formula is C47H93N3O27. The van der Waals surface area contributed by atoms with Gasteiger partial charge in [0, 0.05) is 44.3 Å². The molecule has 0 fully saturated rings. The highest BCUT2D eigenvalue weighted by atomic mass is 16.6. The minimum absolute atomic E-state index is 0.0400. The van der Waals surface area contributed by atoms with Gasteiger partial charge in [0.05, 0.1) is 157 Å². The number of aliphatic hydroxyl groups is 12. The molecule has 0 aliphatic carbocycles. The van der Waals surface area contributed by atoms with Crippen LogP contribution in [0.25, 0.3) is 0 Å². The average molecular weight is 1130 g/mol. The third kappa shape index (κ3) is 40.3. The molecule has 0 aromatic carbocycles. The van der Waals surface area contributed by atoms with Gasteiger partial charge in [0.25, 0.3) is 0 Å². The van der Waals surface area contributed by atoms with Gasteiger partial charge in [-0.3, -0.25) is 14.4 Å². The highest BCUT2D eigenvalue weighted by Crippen LogP contribution is 2.19. The SMILES string of the molecule is CC(O)C(O)C(O)C(O)OCCOCCOCCNC(=O)CCOCC(C)(COCCC(=O)NCCOCCOCCOC(O)C(O)C(O)C(C)O)COCCC(=O)NCCOCCOCCOC(O)C(O)C(O)C(C)O. The van der Waals surface area contributed by atoms with Crippen molar-refractivity contribution in [2.45, 2.75) is 121 Å². The monoisotopic (exact) mass is 1130 g/mol. The molecule has 12 atom stereocenters. The molecule has 0 spiro atoms. The fraction of sp³-hybridized carbons (Fsp3) is 0.936. The van der Waals surface area contributed by atoms with E-state index in [4.69, 9.17) is 56.8 Å². The summed E-state index contributed by atoms with van der Waals surface area (Å²) in [5, 5.41) is 123. The number of hydrogen-bond acceptors (Lipinski definition) is 27. The standard InChI is InChI=1S/C47H93N3O27/c1-32(51)38(57)41(60)44(63)75-26-23-69-20-17-66-14-8-48-35(54)5-11-72-29-47(4,30-73-12-6-36(55)49-9-15-67-18-21-70-24-27-76-45(64)42(61)39(58)33(2)52)31-74-13-7-37(56)50-10-16-68-19-22-71-25-28-77-46(65)43(62)40(59)34(3)53/h32-34,38-46,51-53,57-65H,5-31H2,1-4H3,(H,48,54)(H,49,55)(H,50,56). The van der Waals surface area contributed by atoms with Gasteiger partial charge in [-0.05, 0) is 20.8 Å². The Morgan fingerprint density at radius 3 is 0.779 bits per heavy atom. The number of carbonyl (C=O) groups is 3. The molecule has 0 heterocycles. The Labute approximate surface area is 450 Å². The van der Waals surface area contributed by atoms with E-state index in [1.807, 2.05) is 6.92 Å². The number of carbonyl (C=O) groups excluding carboxylic acids is 3. The van der Waals surface area contributed by atoms with E-state index in [0.29, 0.717) is 0 Å². The number of hydrogen-bond donors (Lipinski definition) is 15. The zero-order valence-corrected chi connectivity index (χ0v) is 45.0. The first-order valence-corrected chi connectivity index (χ1v) is 25.6. The molecule has 458 valence electrons. The van der Waals surface area contributed by atoms with E-state index in [-0.39, 0.29) is 195 Å². The van der Waals surface area contributed by atoms with Crippen LogP contribution in [-0.2, 0) is 71.2 Å². The van der Waals surface area contributed by atoms with Gasteiger partial charge in [-0.15, -0.1) is 0 Å². The molecule has 0 aromatic heterocycles. The quantitative estimate of drug-likeness (QED) is 0.0199. The van der Waals surface area contributed by atoms with Crippen molar-refractivity contribution in [1.29, 1.82) is 0 Å². The van der Waals surface area contributed by atoms with Gasteiger partial charge in [-0.2, -0.15) is 0 Å². The fourth-order valence-corrected chi connectivity index (χ4v) is 5.94. The third-order valence-electron chi connectivity index (χ3n) is 10.6. The lowest BCUT2D eigenvalue weighted by atomic mass is 9.94. The van der Waals surface area contributed by atoms with E-state index >= 15 is 0 Å². The average Bonchev–Trinajstić information content (AvgIpc) is 3.39. The maximum absolute atomic E-state index is 12.4. The van der Waals surface area contributed by atoms with Gasteiger partial charge in [-0.25, -0.2) is 0 Å². The molecule has 0 aliphatic rings. The molecule has 30 nitrogen and oxygen atoms in total. The topological polar surface area (TPSA) is 441 Å².